The Balaban J connectivity index is 2.24. The van der Waals surface area contributed by atoms with Gasteiger partial charge in [0.05, 0.1) is 6.04 Å². The molecule has 18 heavy (non-hydrogen) atoms. The first-order valence-electron chi connectivity index (χ1n) is 5.84. The van der Waals surface area contributed by atoms with Crippen molar-refractivity contribution >= 4 is 23.4 Å². The average molecular weight is 267 g/mol. The molecule has 0 bridgehead atoms. The fourth-order valence-corrected chi connectivity index (χ4v) is 2.30. The van der Waals surface area contributed by atoms with Crippen LogP contribution in [0.2, 0.25) is 5.02 Å². The lowest BCUT2D eigenvalue weighted by Crippen LogP contribution is -2.57. The maximum atomic E-state index is 12.0. The van der Waals surface area contributed by atoms with E-state index in [0.29, 0.717) is 5.02 Å². The Bertz CT molecular complexity index is 490. The molecule has 0 aliphatic carbocycles. The van der Waals surface area contributed by atoms with E-state index in [4.69, 9.17) is 11.6 Å². The minimum Gasteiger partial charge on any atom is -0.343 e. The number of piperazine rings is 1. The van der Waals surface area contributed by atoms with Gasteiger partial charge in [-0.05, 0) is 31.5 Å². The number of carbonyl (C=O) groups excluding carboxylic acids is 2. The average Bonchev–Trinajstić information content (AvgIpc) is 2.33. The van der Waals surface area contributed by atoms with Crippen LogP contribution in [0.5, 0.6) is 0 Å². The van der Waals surface area contributed by atoms with Crippen molar-refractivity contribution in [2.24, 2.45) is 0 Å². The molecule has 1 fully saturated rings. The molecular weight excluding hydrogens is 252 g/mol. The predicted octanol–water partition coefficient (Wildman–Crippen LogP) is 1.75. The Morgan fingerprint density at radius 1 is 1.44 bits per heavy atom. The van der Waals surface area contributed by atoms with E-state index in [1.54, 1.807) is 17.9 Å². The van der Waals surface area contributed by atoms with E-state index in [-0.39, 0.29) is 24.4 Å². The van der Waals surface area contributed by atoms with Gasteiger partial charge in [-0.25, -0.2) is 0 Å². The first-order chi connectivity index (χ1) is 8.49. The molecule has 2 amide bonds. The molecule has 2 rings (SSSR count). The molecule has 2 unspecified atom stereocenters. The molecule has 1 N–H and O–H groups in total. The Morgan fingerprint density at radius 2 is 2.17 bits per heavy atom. The molecule has 5 heteroatoms. The number of benzene rings is 1. The maximum Gasteiger partial charge on any atom is 0.245 e. The second-order valence-corrected chi connectivity index (χ2v) is 4.92. The smallest absolute Gasteiger partial charge is 0.245 e. The zero-order valence-electron chi connectivity index (χ0n) is 10.3. The summed E-state index contributed by atoms with van der Waals surface area (Å²) >= 11 is 5.94. The molecule has 1 heterocycles. The summed E-state index contributed by atoms with van der Waals surface area (Å²) in [6.45, 7) is 3.68. The first-order valence-corrected chi connectivity index (χ1v) is 6.22. The van der Waals surface area contributed by atoms with Crippen molar-refractivity contribution in [3.63, 3.8) is 0 Å². The molecule has 0 spiro atoms. The summed E-state index contributed by atoms with van der Waals surface area (Å²) < 4.78 is 0. The van der Waals surface area contributed by atoms with Crippen LogP contribution >= 0.6 is 11.6 Å². The van der Waals surface area contributed by atoms with Crippen molar-refractivity contribution in [3.05, 3.63) is 34.9 Å². The first kappa shape index (κ1) is 12.9. The van der Waals surface area contributed by atoms with Crippen molar-refractivity contribution in [2.45, 2.75) is 25.9 Å². The lowest BCUT2D eigenvalue weighted by molar-refractivity contribution is -0.145. The Morgan fingerprint density at radius 3 is 2.83 bits per heavy atom. The molecule has 4 nitrogen and oxygen atoms in total. The van der Waals surface area contributed by atoms with Gasteiger partial charge < -0.3 is 10.2 Å². The van der Waals surface area contributed by atoms with Crippen molar-refractivity contribution in [1.29, 1.82) is 0 Å². The standard InChI is InChI=1S/C13H15ClN2O2/c1-8-13(18)16(7-12(17)15-8)9(2)10-4-3-5-11(14)6-10/h3-6,8-9H,7H2,1-2H3,(H,15,17). The molecule has 1 saturated heterocycles. The zero-order valence-corrected chi connectivity index (χ0v) is 11.1. The highest BCUT2D eigenvalue weighted by Crippen LogP contribution is 2.24. The van der Waals surface area contributed by atoms with Crippen LogP contribution in [0, 0.1) is 0 Å². The van der Waals surface area contributed by atoms with E-state index in [0.717, 1.165) is 5.56 Å². The molecular formula is C13H15ClN2O2. The van der Waals surface area contributed by atoms with Crippen molar-refractivity contribution in [1.82, 2.24) is 10.2 Å². The van der Waals surface area contributed by atoms with Gasteiger partial charge in [0.25, 0.3) is 0 Å². The van der Waals surface area contributed by atoms with Crippen LogP contribution in [0.25, 0.3) is 0 Å². The SMILES string of the molecule is CC1NC(=O)CN(C(C)c2cccc(Cl)c2)C1=O. The van der Waals surface area contributed by atoms with Crippen LogP contribution in [0.15, 0.2) is 24.3 Å². The number of nitrogens with zero attached hydrogens (tertiary/aromatic N) is 1. The fourth-order valence-electron chi connectivity index (χ4n) is 2.10. The number of rotatable bonds is 2. The molecule has 1 aromatic carbocycles. The van der Waals surface area contributed by atoms with Crippen molar-refractivity contribution < 1.29 is 9.59 Å². The molecule has 96 valence electrons. The second kappa shape index (κ2) is 4.98. The van der Waals surface area contributed by atoms with Crippen LogP contribution in [-0.4, -0.2) is 29.3 Å². The molecule has 2 atom stereocenters. The number of hydrogen-bond acceptors (Lipinski definition) is 2. The molecule has 1 aliphatic heterocycles. The van der Waals surface area contributed by atoms with Crippen LogP contribution in [-0.2, 0) is 9.59 Å². The van der Waals surface area contributed by atoms with Crippen molar-refractivity contribution in [3.8, 4) is 0 Å². The minimum atomic E-state index is -0.465. The third-order valence-electron chi connectivity index (χ3n) is 3.14. The summed E-state index contributed by atoms with van der Waals surface area (Å²) in [5.74, 6) is -0.196. The summed E-state index contributed by atoms with van der Waals surface area (Å²) in [5, 5.41) is 3.25. The monoisotopic (exact) mass is 266 g/mol. The van der Waals surface area contributed by atoms with Gasteiger partial charge in [0.15, 0.2) is 0 Å². The third-order valence-corrected chi connectivity index (χ3v) is 3.38. The predicted molar refractivity (Wildman–Crippen MR) is 69.2 cm³/mol. The molecule has 1 aliphatic rings. The number of hydrogen-bond donors (Lipinski definition) is 1. The Kier molecular flexibility index (Phi) is 3.57. The summed E-state index contributed by atoms with van der Waals surface area (Å²) in [4.78, 5) is 25.1. The molecule has 0 radical (unpaired) electrons. The van der Waals surface area contributed by atoms with Crippen molar-refractivity contribution in [2.75, 3.05) is 6.54 Å². The van der Waals surface area contributed by atoms with Gasteiger partial charge in [0.2, 0.25) is 11.8 Å². The third kappa shape index (κ3) is 2.48. The number of amides is 2. The highest BCUT2D eigenvalue weighted by molar-refractivity contribution is 6.30. The van der Waals surface area contributed by atoms with E-state index in [1.807, 2.05) is 25.1 Å². The largest absolute Gasteiger partial charge is 0.343 e. The van der Waals surface area contributed by atoms with Crippen LogP contribution < -0.4 is 5.32 Å². The fraction of sp³-hybridized carbons (Fsp3) is 0.385. The van der Waals surface area contributed by atoms with E-state index in [1.165, 1.54) is 0 Å². The number of carbonyl (C=O) groups is 2. The highest BCUT2D eigenvalue weighted by atomic mass is 35.5. The van der Waals surface area contributed by atoms with Crippen LogP contribution in [0.4, 0.5) is 0 Å². The van der Waals surface area contributed by atoms with E-state index >= 15 is 0 Å². The van der Waals surface area contributed by atoms with Gasteiger partial charge in [-0.2, -0.15) is 0 Å². The summed E-state index contributed by atoms with van der Waals surface area (Å²) in [5.41, 5.74) is 0.928. The second-order valence-electron chi connectivity index (χ2n) is 4.49. The highest BCUT2D eigenvalue weighted by Gasteiger charge is 2.32. The van der Waals surface area contributed by atoms with Gasteiger partial charge in [-0.3, -0.25) is 9.59 Å². The Hall–Kier alpha value is -1.55. The van der Waals surface area contributed by atoms with Gasteiger partial charge in [0, 0.05) is 5.02 Å². The zero-order chi connectivity index (χ0) is 13.3. The van der Waals surface area contributed by atoms with Crippen LogP contribution in [0.3, 0.4) is 0 Å². The minimum absolute atomic E-state index is 0.0675. The van der Waals surface area contributed by atoms with E-state index in [9.17, 15) is 9.59 Å². The van der Waals surface area contributed by atoms with Crippen LogP contribution in [0.1, 0.15) is 25.5 Å². The van der Waals surface area contributed by atoms with Gasteiger partial charge in [-0.1, -0.05) is 23.7 Å². The summed E-state index contributed by atoms with van der Waals surface area (Å²) in [6, 6.07) is 6.71. The van der Waals surface area contributed by atoms with Gasteiger partial charge in [-0.15, -0.1) is 0 Å². The van der Waals surface area contributed by atoms with Gasteiger partial charge >= 0.3 is 0 Å². The number of nitrogens with one attached hydrogen (secondary N) is 1. The summed E-state index contributed by atoms with van der Waals surface area (Å²) in [7, 11) is 0. The number of halogens is 1. The van der Waals surface area contributed by atoms with E-state index in [2.05, 4.69) is 5.32 Å². The quantitative estimate of drug-likeness (QED) is 0.887. The molecule has 0 aromatic heterocycles. The maximum absolute atomic E-state index is 12.0. The normalized spacial score (nSPS) is 21.7. The summed E-state index contributed by atoms with van der Waals surface area (Å²) in [6.07, 6.45) is 0. The molecule has 1 aromatic rings. The van der Waals surface area contributed by atoms with E-state index < -0.39 is 6.04 Å². The van der Waals surface area contributed by atoms with Gasteiger partial charge in [0.1, 0.15) is 12.6 Å². The molecule has 0 saturated carbocycles. The topological polar surface area (TPSA) is 49.4 Å². The Labute approximate surface area is 111 Å². The lowest BCUT2D eigenvalue weighted by Gasteiger charge is -2.35. The lowest BCUT2D eigenvalue weighted by atomic mass is 10.0.